The van der Waals surface area contributed by atoms with Gasteiger partial charge in [0.05, 0.1) is 20.3 Å². The molecule has 0 fully saturated rings. The Hall–Kier alpha value is -3.16. The van der Waals surface area contributed by atoms with Gasteiger partial charge in [-0.05, 0) is 29.6 Å². The third-order valence-corrected chi connectivity index (χ3v) is 5.23. The summed E-state index contributed by atoms with van der Waals surface area (Å²) in [6, 6.07) is 14.3. The molecule has 1 atom stereocenters. The zero-order valence-corrected chi connectivity index (χ0v) is 18.0. The third kappa shape index (κ3) is 5.25. The van der Waals surface area contributed by atoms with Crippen molar-refractivity contribution < 1.29 is 23.9 Å². The lowest BCUT2D eigenvalue weighted by Crippen LogP contribution is -2.44. The van der Waals surface area contributed by atoms with E-state index in [0.717, 1.165) is 18.7 Å². The van der Waals surface area contributed by atoms with Crippen LogP contribution in [0.5, 0.6) is 0 Å². The fourth-order valence-electron chi connectivity index (χ4n) is 3.16. The summed E-state index contributed by atoms with van der Waals surface area (Å²) in [5, 5.41) is 3.75. The second-order valence-electron chi connectivity index (χ2n) is 6.51. The van der Waals surface area contributed by atoms with Gasteiger partial charge in [-0.1, -0.05) is 63.5 Å². The number of Topliss-reactive ketones (excluding diaryl/α,β-unsaturated/α-hetero) is 1. The molecule has 0 aliphatic heterocycles. The van der Waals surface area contributed by atoms with Crippen molar-refractivity contribution in [3.63, 3.8) is 0 Å². The molecule has 2 aromatic rings. The number of ether oxygens (including phenoxy) is 2. The first-order valence-corrected chi connectivity index (χ1v) is 9.72. The standard InChI is InChI=1S/C21H20BrN3O5/c1-29-19(27)21(20(28)30-2,13-18(26)15-8-10-16(22)11-9-15)12-17(24-25-23)14-6-4-3-5-7-14/h3-11,17H,12-13H2,1-2H3. The number of ketones is 1. The van der Waals surface area contributed by atoms with Gasteiger partial charge in [-0.25, -0.2) is 0 Å². The van der Waals surface area contributed by atoms with Crippen molar-refractivity contribution in [2.24, 2.45) is 10.5 Å². The van der Waals surface area contributed by atoms with Gasteiger partial charge in [-0.3, -0.25) is 14.4 Å². The van der Waals surface area contributed by atoms with Gasteiger partial charge in [-0.2, -0.15) is 0 Å². The van der Waals surface area contributed by atoms with Crippen LogP contribution in [-0.4, -0.2) is 31.9 Å². The van der Waals surface area contributed by atoms with Crippen LogP contribution in [0.4, 0.5) is 0 Å². The molecule has 0 saturated carbocycles. The molecule has 30 heavy (non-hydrogen) atoms. The van der Waals surface area contributed by atoms with E-state index in [1.54, 1.807) is 54.6 Å². The van der Waals surface area contributed by atoms with Crippen LogP contribution >= 0.6 is 15.9 Å². The second kappa shape index (κ2) is 10.6. The Morgan fingerprint density at radius 2 is 1.60 bits per heavy atom. The van der Waals surface area contributed by atoms with Crippen LogP contribution in [0.1, 0.15) is 34.8 Å². The number of benzene rings is 2. The summed E-state index contributed by atoms with van der Waals surface area (Å²) >= 11 is 3.29. The molecular formula is C21H20BrN3O5. The Labute approximate surface area is 181 Å². The third-order valence-electron chi connectivity index (χ3n) is 4.70. The maximum atomic E-state index is 13.0. The largest absolute Gasteiger partial charge is 0.468 e. The number of halogens is 1. The number of azide groups is 1. The van der Waals surface area contributed by atoms with Crippen LogP contribution in [0.3, 0.4) is 0 Å². The zero-order valence-electron chi connectivity index (χ0n) is 16.4. The fourth-order valence-corrected chi connectivity index (χ4v) is 3.43. The lowest BCUT2D eigenvalue weighted by Gasteiger charge is -2.30. The van der Waals surface area contributed by atoms with Crippen molar-refractivity contribution >= 4 is 33.7 Å². The van der Waals surface area contributed by atoms with E-state index in [-0.39, 0.29) is 6.42 Å². The van der Waals surface area contributed by atoms with Crippen molar-refractivity contribution in [1.82, 2.24) is 0 Å². The van der Waals surface area contributed by atoms with Gasteiger partial charge < -0.3 is 9.47 Å². The van der Waals surface area contributed by atoms with Gasteiger partial charge >= 0.3 is 11.9 Å². The molecule has 0 spiro atoms. The van der Waals surface area contributed by atoms with Crippen molar-refractivity contribution in [2.75, 3.05) is 14.2 Å². The molecule has 0 amide bonds. The Morgan fingerprint density at radius 1 is 1.03 bits per heavy atom. The van der Waals surface area contributed by atoms with E-state index < -0.39 is 35.6 Å². The minimum absolute atomic E-state index is 0.289. The van der Waals surface area contributed by atoms with Gasteiger partial charge in [0.2, 0.25) is 0 Å². The average molecular weight is 474 g/mol. The molecule has 0 aliphatic carbocycles. The van der Waals surface area contributed by atoms with Gasteiger partial charge in [0, 0.05) is 21.4 Å². The van der Waals surface area contributed by atoms with Crippen LogP contribution in [-0.2, 0) is 19.1 Å². The monoisotopic (exact) mass is 473 g/mol. The highest BCUT2D eigenvalue weighted by molar-refractivity contribution is 9.10. The molecule has 0 aliphatic rings. The van der Waals surface area contributed by atoms with Crippen LogP contribution in [0.15, 0.2) is 64.2 Å². The normalized spacial score (nSPS) is 11.7. The number of carbonyl (C=O) groups excluding carboxylic acids is 3. The molecule has 0 saturated heterocycles. The molecule has 2 aromatic carbocycles. The molecule has 0 N–H and O–H groups in total. The SMILES string of the molecule is COC(=O)C(CC(=O)c1ccc(Br)cc1)(CC(N=[N+]=[N-])c1ccccc1)C(=O)OC. The number of rotatable bonds is 9. The fraction of sp³-hybridized carbons (Fsp3) is 0.286. The summed E-state index contributed by atoms with van der Waals surface area (Å²) < 4.78 is 10.5. The summed E-state index contributed by atoms with van der Waals surface area (Å²) in [4.78, 5) is 41.4. The van der Waals surface area contributed by atoms with Crippen LogP contribution in [0, 0.1) is 5.41 Å². The predicted molar refractivity (Wildman–Crippen MR) is 113 cm³/mol. The number of hydrogen-bond acceptors (Lipinski definition) is 6. The molecular weight excluding hydrogens is 454 g/mol. The first-order chi connectivity index (χ1) is 14.4. The molecule has 0 radical (unpaired) electrons. The lowest BCUT2D eigenvalue weighted by molar-refractivity contribution is -0.170. The topological polar surface area (TPSA) is 118 Å². The van der Waals surface area contributed by atoms with E-state index in [9.17, 15) is 14.4 Å². The first kappa shape index (κ1) is 23.1. The van der Waals surface area contributed by atoms with Gasteiger partial charge in [0.25, 0.3) is 0 Å². The highest BCUT2D eigenvalue weighted by Gasteiger charge is 2.51. The molecule has 0 bridgehead atoms. The molecule has 156 valence electrons. The predicted octanol–water partition coefficient (Wildman–Crippen LogP) is 4.80. The van der Waals surface area contributed by atoms with E-state index in [4.69, 9.17) is 15.0 Å². The van der Waals surface area contributed by atoms with Crippen LogP contribution in [0.2, 0.25) is 0 Å². The molecule has 2 rings (SSSR count). The van der Waals surface area contributed by atoms with Crippen LogP contribution in [0.25, 0.3) is 10.4 Å². The van der Waals surface area contributed by atoms with Gasteiger partial charge in [-0.15, -0.1) is 0 Å². The van der Waals surface area contributed by atoms with Crippen LogP contribution < -0.4 is 0 Å². The van der Waals surface area contributed by atoms with E-state index >= 15 is 0 Å². The lowest BCUT2D eigenvalue weighted by atomic mass is 9.75. The summed E-state index contributed by atoms with van der Waals surface area (Å²) in [5.74, 6) is -2.33. The van der Waals surface area contributed by atoms with Crippen molar-refractivity contribution in [3.05, 3.63) is 80.6 Å². The molecule has 0 aromatic heterocycles. The van der Waals surface area contributed by atoms with E-state index in [2.05, 4.69) is 26.0 Å². The van der Waals surface area contributed by atoms with E-state index in [1.165, 1.54) is 0 Å². The number of carbonyl (C=O) groups is 3. The number of hydrogen-bond donors (Lipinski definition) is 0. The Morgan fingerprint density at radius 3 is 2.10 bits per heavy atom. The van der Waals surface area contributed by atoms with Crippen molar-refractivity contribution in [1.29, 1.82) is 0 Å². The molecule has 9 heteroatoms. The highest BCUT2D eigenvalue weighted by Crippen LogP contribution is 2.39. The summed E-state index contributed by atoms with van der Waals surface area (Å²) in [5.41, 5.74) is 7.94. The highest BCUT2D eigenvalue weighted by atomic mass is 79.9. The van der Waals surface area contributed by atoms with E-state index in [1.807, 2.05) is 0 Å². The van der Waals surface area contributed by atoms with E-state index in [0.29, 0.717) is 11.1 Å². The minimum Gasteiger partial charge on any atom is -0.468 e. The van der Waals surface area contributed by atoms with Gasteiger partial charge in [0.1, 0.15) is 0 Å². The number of methoxy groups -OCH3 is 2. The Balaban J connectivity index is 2.52. The summed E-state index contributed by atoms with van der Waals surface area (Å²) in [6.45, 7) is 0. The first-order valence-electron chi connectivity index (χ1n) is 8.92. The maximum Gasteiger partial charge on any atom is 0.323 e. The second-order valence-corrected chi connectivity index (χ2v) is 7.42. The van der Waals surface area contributed by atoms with Gasteiger partial charge in [0.15, 0.2) is 11.2 Å². The number of nitrogens with zero attached hydrogens (tertiary/aromatic N) is 3. The zero-order chi connectivity index (χ0) is 22.1. The molecule has 1 unspecified atom stereocenters. The van der Waals surface area contributed by atoms with Crippen molar-refractivity contribution in [2.45, 2.75) is 18.9 Å². The Kier molecular flexibility index (Phi) is 8.15. The quantitative estimate of drug-likeness (QED) is 0.129. The molecule has 0 heterocycles. The minimum atomic E-state index is -1.98. The maximum absolute atomic E-state index is 13.0. The average Bonchev–Trinajstić information content (AvgIpc) is 2.77. The smallest absolute Gasteiger partial charge is 0.323 e. The number of esters is 2. The molecule has 8 nitrogen and oxygen atoms in total. The summed E-state index contributed by atoms with van der Waals surface area (Å²) in [7, 11) is 2.24. The van der Waals surface area contributed by atoms with Crippen molar-refractivity contribution in [3.8, 4) is 0 Å². The Bertz CT molecular complexity index is 940. The summed E-state index contributed by atoms with van der Waals surface area (Å²) in [6.07, 6.45) is -0.791.